The summed E-state index contributed by atoms with van der Waals surface area (Å²) in [7, 11) is 5.81. The first kappa shape index (κ1) is 14.6. The summed E-state index contributed by atoms with van der Waals surface area (Å²) in [5.41, 5.74) is 1.09. The standard InChI is InChI=1S/C13H20BrN3O2/c1-15-4-5-19-12(9-15)13(18)17(3)8-11-6-10(14)7-16(11)2/h6-7,12H,4-5,8-9H2,1-3H3/t12-/m0/s1. The van der Waals surface area contributed by atoms with Gasteiger partial charge in [0, 0.05) is 43.5 Å². The smallest absolute Gasteiger partial charge is 0.253 e. The molecule has 1 fully saturated rings. The van der Waals surface area contributed by atoms with Crippen LogP contribution in [0.5, 0.6) is 0 Å². The molecule has 6 heteroatoms. The number of nitrogens with zero attached hydrogens (tertiary/aromatic N) is 3. The molecule has 5 nitrogen and oxygen atoms in total. The van der Waals surface area contributed by atoms with E-state index in [-0.39, 0.29) is 12.0 Å². The highest BCUT2D eigenvalue weighted by atomic mass is 79.9. The number of likely N-dealkylation sites (N-methyl/N-ethyl adjacent to an activating group) is 2. The molecule has 106 valence electrons. The second kappa shape index (κ2) is 6.07. The van der Waals surface area contributed by atoms with Gasteiger partial charge in [-0.2, -0.15) is 0 Å². The zero-order chi connectivity index (χ0) is 14.0. The maximum absolute atomic E-state index is 12.3. The van der Waals surface area contributed by atoms with Gasteiger partial charge in [0.1, 0.15) is 6.10 Å². The SMILES string of the molecule is CN1CCO[C@H](C(=O)N(C)Cc2cc(Br)cn2C)C1. The number of hydrogen-bond donors (Lipinski definition) is 0. The third-order valence-electron chi connectivity index (χ3n) is 3.39. The molecule has 0 spiro atoms. The number of hydrogen-bond acceptors (Lipinski definition) is 3. The van der Waals surface area contributed by atoms with Gasteiger partial charge in [0.25, 0.3) is 5.91 Å². The van der Waals surface area contributed by atoms with Crippen LogP contribution in [0.25, 0.3) is 0 Å². The van der Waals surface area contributed by atoms with Crippen molar-refractivity contribution in [3.8, 4) is 0 Å². The molecule has 1 aromatic rings. The highest BCUT2D eigenvalue weighted by molar-refractivity contribution is 9.10. The van der Waals surface area contributed by atoms with E-state index in [9.17, 15) is 4.79 Å². The number of carbonyl (C=O) groups is 1. The summed E-state index contributed by atoms with van der Waals surface area (Å²) in [6, 6.07) is 2.03. The van der Waals surface area contributed by atoms with Gasteiger partial charge in [-0.15, -0.1) is 0 Å². The van der Waals surface area contributed by atoms with Gasteiger partial charge >= 0.3 is 0 Å². The lowest BCUT2D eigenvalue weighted by atomic mass is 10.2. The summed E-state index contributed by atoms with van der Waals surface area (Å²) >= 11 is 3.44. The van der Waals surface area contributed by atoms with E-state index in [2.05, 4.69) is 20.8 Å². The molecule has 0 unspecified atom stereocenters. The number of ether oxygens (including phenoxy) is 1. The molecule has 0 aliphatic carbocycles. The van der Waals surface area contributed by atoms with Crippen molar-refractivity contribution in [2.24, 2.45) is 7.05 Å². The van der Waals surface area contributed by atoms with Gasteiger partial charge in [0.15, 0.2) is 0 Å². The quantitative estimate of drug-likeness (QED) is 0.832. The molecule has 1 aliphatic heterocycles. The fourth-order valence-corrected chi connectivity index (χ4v) is 2.79. The van der Waals surface area contributed by atoms with Gasteiger partial charge in [0.2, 0.25) is 0 Å². The van der Waals surface area contributed by atoms with Crippen LogP contribution < -0.4 is 0 Å². The number of carbonyl (C=O) groups excluding carboxylic acids is 1. The van der Waals surface area contributed by atoms with Crippen molar-refractivity contribution >= 4 is 21.8 Å². The Kier molecular flexibility index (Phi) is 4.65. The minimum atomic E-state index is -0.340. The summed E-state index contributed by atoms with van der Waals surface area (Å²) in [5, 5.41) is 0. The fourth-order valence-electron chi connectivity index (χ4n) is 2.22. The molecule has 1 aromatic heterocycles. The third-order valence-corrected chi connectivity index (χ3v) is 3.83. The summed E-state index contributed by atoms with van der Waals surface area (Å²) in [5.74, 6) is 0.0453. The van der Waals surface area contributed by atoms with E-state index < -0.39 is 0 Å². The van der Waals surface area contributed by atoms with Gasteiger partial charge in [-0.05, 0) is 29.0 Å². The first-order chi connectivity index (χ1) is 8.97. The lowest BCUT2D eigenvalue weighted by Crippen LogP contribution is -2.48. The Labute approximate surface area is 122 Å². The first-order valence-corrected chi connectivity index (χ1v) is 7.12. The van der Waals surface area contributed by atoms with Crippen LogP contribution in [0.15, 0.2) is 16.7 Å². The second-order valence-corrected chi connectivity index (χ2v) is 5.99. The summed E-state index contributed by atoms with van der Waals surface area (Å²) in [4.78, 5) is 16.2. The van der Waals surface area contributed by atoms with Crippen molar-refractivity contribution in [1.82, 2.24) is 14.4 Å². The molecular formula is C13H20BrN3O2. The normalized spacial score (nSPS) is 20.5. The van der Waals surface area contributed by atoms with E-state index in [4.69, 9.17) is 4.74 Å². The van der Waals surface area contributed by atoms with Crippen LogP contribution in [0.4, 0.5) is 0 Å². The molecule has 0 saturated carbocycles. The predicted octanol–water partition coefficient (Wildman–Crippen LogP) is 1.08. The maximum atomic E-state index is 12.3. The lowest BCUT2D eigenvalue weighted by molar-refractivity contribution is -0.148. The largest absolute Gasteiger partial charge is 0.366 e. The molecule has 0 N–H and O–H groups in total. The van der Waals surface area contributed by atoms with Crippen LogP contribution in [0.3, 0.4) is 0 Å². The van der Waals surface area contributed by atoms with Crippen LogP contribution in [-0.4, -0.2) is 60.2 Å². The van der Waals surface area contributed by atoms with E-state index >= 15 is 0 Å². The molecule has 0 aromatic carbocycles. The molecule has 0 radical (unpaired) electrons. The number of morpholine rings is 1. The average Bonchev–Trinajstić information content (AvgIpc) is 2.66. The fraction of sp³-hybridized carbons (Fsp3) is 0.615. The van der Waals surface area contributed by atoms with Crippen molar-refractivity contribution in [2.75, 3.05) is 33.8 Å². The number of aryl methyl sites for hydroxylation is 1. The van der Waals surface area contributed by atoms with Crippen LogP contribution in [0, 0.1) is 0 Å². The number of rotatable bonds is 3. The van der Waals surface area contributed by atoms with Gasteiger partial charge in [0.05, 0.1) is 13.2 Å². The zero-order valence-electron chi connectivity index (χ0n) is 11.6. The van der Waals surface area contributed by atoms with Crippen molar-refractivity contribution in [3.63, 3.8) is 0 Å². The Morgan fingerprint density at radius 2 is 2.32 bits per heavy atom. The van der Waals surface area contributed by atoms with E-state index in [1.165, 1.54) is 0 Å². The number of halogens is 1. The third kappa shape index (κ3) is 3.58. The van der Waals surface area contributed by atoms with Gasteiger partial charge in [-0.1, -0.05) is 0 Å². The topological polar surface area (TPSA) is 37.7 Å². The summed E-state index contributed by atoms with van der Waals surface area (Å²) in [6.07, 6.45) is 1.64. The number of aromatic nitrogens is 1. The molecule has 1 saturated heterocycles. The van der Waals surface area contributed by atoms with E-state index in [1.807, 2.05) is 38.0 Å². The van der Waals surface area contributed by atoms with Crippen molar-refractivity contribution in [3.05, 3.63) is 22.4 Å². The lowest BCUT2D eigenvalue weighted by Gasteiger charge is -2.31. The van der Waals surface area contributed by atoms with E-state index in [1.54, 1.807) is 4.90 Å². The zero-order valence-corrected chi connectivity index (χ0v) is 13.2. The molecule has 2 rings (SSSR count). The van der Waals surface area contributed by atoms with Crippen LogP contribution >= 0.6 is 15.9 Å². The monoisotopic (exact) mass is 329 g/mol. The van der Waals surface area contributed by atoms with E-state index in [0.717, 1.165) is 16.7 Å². The van der Waals surface area contributed by atoms with Crippen LogP contribution in [0.1, 0.15) is 5.69 Å². The van der Waals surface area contributed by atoms with Crippen LogP contribution in [-0.2, 0) is 23.1 Å². The predicted molar refractivity (Wildman–Crippen MR) is 76.8 cm³/mol. The van der Waals surface area contributed by atoms with Gasteiger partial charge in [-0.3, -0.25) is 4.79 Å². The van der Waals surface area contributed by atoms with Gasteiger partial charge < -0.3 is 19.1 Å². The molecule has 1 aliphatic rings. The van der Waals surface area contributed by atoms with Crippen molar-refractivity contribution < 1.29 is 9.53 Å². The Morgan fingerprint density at radius 3 is 2.89 bits per heavy atom. The maximum Gasteiger partial charge on any atom is 0.253 e. The van der Waals surface area contributed by atoms with E-state index in [0.29, 0.717) is 19.7 Å². The highest BCUT2D eigenvalue weighted by Gasteiger charge is 2.27. The highest BCUT2D eigenvalue weighted by Crippen LogP contribution is 2.16. The molecule has 1 atom stereocenters. The Bertz CT molecular complexity index is 461. The minimum absolute atomic E-state index is 0.0453. The summed E-state index contributed by atoms with van der Waals surface area (Å²) in [6.45, 7) is 2.76. The average molecular weight is 330 g/mol. The minimum Gasteiger partial charge on any atom is -0.366 e. The van der Waals surface area contributed by atoms with Crippen LogP contribution in [0.2, 0.25) is 0 Å². The Hall–Kier alpha value is -0.850. The van der Waals surface area contributed by atoms with Gasteiger partial charge in [-0.25, -0.2) is 0 Å². The molecule has 2 heterocycles. The Morgan fingerprint density at radius 1 is 1.58 bits per heavy atom. The summed E-state index contributed by atoms with van der Waals surface area (Å²) < 4.78 is 8.60. The second-order valence-electron chi connectivity index (χ2n) is 5.08. The van der Waals surface area contributed by atoms with Crippen molar-refractivity contribution in [1.29, 1.82) is 0 Å². The first-order valence-electron chi connectivity index (χ1n) is 6.33. The van der Waals surface area contributed by atoms with Crippen molar-refractivity contribution in [2.45, 2.75) is 12.6 Å². The number of amides is 1. The molecule has 0 bridgehead atoms. The molecule has 19 heavy (non-hydrogen) atoms. The molecule has 1 amide bonds. The molecular weight excluding hydrogens is 310 g/mol. The Balaban J connectivity index is 1.97.